The molecule has 1 aromatic carbocycles. The topological polar surface area (TPSA) is 28.2 Å². The molecule has 22 heavy (non-hydrogen) atoms. The summed E-state index contributed by atoms with van der Waals surface area (Å²) in [6.07, 6.45) is 4.71. The van der Waals surface area contributed by atoms with Crippen molar-refractivity contribution in [1.29, 1.82) is 0 Å². The van der Waals surface area contributed by atoms with Crippen LogP contribution in [0, 0.1) is 5.82 Å². The maximum atomic E-state index is 13.9. The number of halogens is 1. The van der Waals surface area contributed by atoms with Gasteiger partial charge in [0.25, 0.3) is 0 Å². The standard InChI is InChI=1S/C18H20FN3/c19-17-4-2-1-3-14(17)11-13-7-8-21-18-16(13)6-5-15-12-20-9-10-22(15)18/h1-4,7-8,15,20H,5-6,9-12H2/t15-/m1/s1. The largest absolute Gasteiger partial charge is 0.351 e. The fraction of sp³-hybridized carbons (Fsp3) is 0.389. The van der Waals surface area contributed by atoms with Crippen LogP contribution in [0.4, 0.5) is 10.2 Å². The maximum absolute atomic E-state index is 13.9. The van der Waals surface area contributed by atoms with Crippen LogP contribution >= 0.6 is 0 Å². The van der Waals surface area contributed by atoms with E-state index in [-0.39, 0.29) is 5.82 Å². The number of fused-ring (bicyclic) bond motifs is 3. The average molecular weight is 297 g/mol. The van der Waals surface area contributed by atoms with Crippen molar-refractivity contribution >= 4 is 5.82 Å². The Kier molecular flexibility index (Phi) is 3.54. The quantitative estimate of drug-likeness (QED) is 0.923. The zero-order valence-corrected chi connectivity index (χ0v) is 12.6. The van der Waals surface area contributed by atoms with Crippen molar-refractivity contribution in [2.24, 2.45) is 0 Å². The molecular formula is C18H20FN3. The summed E-state index contributed by atoms with van der Waals surface area (Å²) in [5.41, 5.74) is 3.29. The molecule has 0 aliphatic carbocycles. The number of pyridine rings is 1. The number of piperazine rings is 1. The molecule has 1 aromatic heterocycles. The minimum Gasteiger partial charge on any atom is -0.351 e. The van der Waals surface area contributed by atoms with Gasteiger partial charge in [0.2, 0.25) is 0 Å². The third kappa shape index (κ3) is 2.37. The Bertz CT molecular complexity index is 686. The lowest BCUT2D eigenvalue weighted by molar-refractivity contribution is 0.435. The molecule has 0 amide bonds. The molecule has 114 valence electrons. The van der Waals surface area contributed by atoms with Gasteiger partial charge in [-0.2, -0.15) is 0 Å². The van der Waals surface area contributed by atoms with E-state index in [2.05, 4.69) is 15.2 Å². The molecule has 2 aliphatic rings. The van der Waals surface area contributed by atoms with Gasteiger partial charge in [-0.1, -0.05) is 18.2 Å². The van der Waals surface area contributed by atoms with Crippen LogP contribution < -0.4 is 10.2 Å². The Labute approximate surface area is 130 Å². The lowest BCUT2D eigenvalue weighted by atomic mass is 9.91. The van der Waals surface area contributed by atoms with Crippen LogP contribution in [0.5, 0.6) is 0 Å². The first-order chi connectivity index (χ1) is 10.8. The van der Waals surface area contributed by atoms with Crippen LogP contribution in [-0.4, -0.2) is 30.7 Å². The maximum Gasteiger partial charge on any atom is 0.132 e. The van der Waals surface area contributed by atoms with Crippen molar-refractivity contribution in [3.8, 4) is 0 Å². The van der Waals surface area contributed by atoms with Crippen LogP contribution in [0.3, 0.4) is 0 Å². The molecule has 3 heterocycles. The third-order valence-electron chi connectivity index (χ3n) is 4.82. The van der Waals surface area contributed by atoms with Crippen molar-refractivity contribution < 1.29 is 4.39 Å². The molecule has 2 aromatic rings. The van der Waals surface area contributed by atoms with Gasteiger partial charge in [0.1, 0.15) is 11.6 Å². The predicted molar refractivity (Wildman–Crippen MR) is 85.8 cm³/mol. The highest BCUT2D eigenvalue weighted by atomic mass is 19.1. The van der Waals surface area contributed by atoms with E-state index < -0.39 is 0 Å². The number of anilines is 1. The summed E-state index contributed by atoms with van der Waals surface area (Å²) in [6.45, 7) is 3.06. The van der Waals surface area contributed by atoms with Crippen molar-refractivity contribution in [2.45, 2.75) is 25.3 Å². The Hall–Kier alpha value is -1.94. The molecular weight excluding hydrogens is 277 g/mol. The van der Waals surface area contributed by atoms with Gasteiger partial charge in [0.15, 0.2) is 0 Å². The van der Waals surface area contributed by atoms with Crippen molar-refractivity contribution in [1.82, 2.24) is 10.3 Å². The average Bonchev–Trinajstić information content (AvgIpc) is 2.57. The highest BCUT2D eigenvalue weighted by molar-refractivity contribution is 5.55. The summed E-state index contributed by atoms with van der Waals surface area (Å²) in [5, 5.41) is 3.46. The first-order valence-electron chi connectivity index (χ1n) is 8.00. The van der Waals surface area contributed by atoms with Crippen molar-refractivity contribution in [3.05, 3.63) is 59.0 Å². The molecule has 0 spiro atoms. The van der Waals surface area contributed by atoms with Gasteiger partial charge >= 0.3 is 0 Å². The monoisotopic (exact) mass is 297 g/mol. The van der Waals surface area contributed by atoms with Gasteiger partial charge in [-0.25, -0.2) is 9.37 Å². The molecule has 1 N–H and O–H groups in total. The number of hydrogen-bond donors (Lipinski definition) is 1. The van der Waals surface area contributed by atoms with E-state index in [1.54, 1.807) is 6.07 Å². The van der Waals surface area contributed by atoms with Gasteiger partial charge in [-0.05, 0) is 41.7 Å². The SMILES string of the molecule is Fc1ccccc1Cc1ccnc2c1CC[C@@H]1CNCCN21. The van der Waals surface area contributed by atoms with E-state index in [9.17, 15) is 4.39 Å². The second-order valence-corrected chi connectivity index (χ2v) is 6.13. The number of hydrogen-bond acceptors (Lipinski definition) is 3. The van der Waals surface area contributed by atoms with Crippen LogP contribution in [0.2, 0.25) is 0 Å². The van der Waals surface area contributed by atoms with E-state index in [0.717, 1.165) is 43.9 Å². The number of nitrogens with zero attached hydrogens (tertiary/aromatic N) is 2. The van der Waals surface area contributed by atoms with Gasteiger partial charge in [0, 0.05) is 38.3 Å². The number of nitrogens with one attached hydrogen (secondary N) is 1. The summed E-state index contributed by atoms with van der Waals surface area (Å²) < 4.78 is 13.9. The van der Waals surface area contributed by atoms with E-state index >= 15 is 0 Å². The smallest absolute Gasteiger partial charge is 0.132 e. The molecule has 0 unspecified atom stereocenters. The summed E-state index contributed by atoms with van der Waals surface area (Å²) in [5.74, 6) is 0.996. The zero-order chi connectivity index (χ0) is 14.9. The first kappa shape index (κ1) is 13.7. The molecule has 4 heteroatoms. The minimum absolute atomic E-state index is 0.121. The molecule has 1 fully saturated rings. The van der Waals surface area contributed by atoms with E-state index in [0.29, 0.717) is 12.5 Å². The lowest BCUT2D eigenvalue weighted by Crippen LogP contribution is -2.53. The van der Waals surface area contributed by atoms with Gasteiger partial charge < -0.3 is 10.2 Å². The summed E-state index contributed by atoms with van der Waals surface area (Å²) in [7, 11) is 0. The molecule has 2 aliphatic heterocycles. The Morgan fingerprint density at radius 2 is 2.14 bits per heavy atom. The van der Waals surface area contributed by atoms with Crippen molar-refractivity contribution in [3.63, 3.8) is 0 Å². The van der Waals surface area contributed by atoms with E-state index in [1.165, 1.54) is 17.2 Å². The number of rotatable bonds is 2. The Morgan fingerprint density at radius 3 is 3.05 bits per heavy atom. The van der Waals surface area contributed by atoms with Crippen molar-refractivity contribution in [2.75, 3.05) is 24.5 Å². The molecule has 3 nitrogen and oxygen atoms in total. The lowest BCUT2D eigenvalue weighted by Gasteiger charge is -2.42. The molecule has 0 radical (unpaired) electrons. The molecule has 1 atom stereocenters. The molecule has 0 saturated carbocycles. The predicted octanol–water partition coefficient (Wildman–Crippen LogP) is 2.54. The van der Waals surface area contributed by atoms with E-state index in [4.69, 9.17) is 0 Å². The van der Waals surface area contributed by atoms with E-state index in [1.807, 2.05) is 24.4 Å². The molecule has 0 bridgehead atoms. The summed E-state index contributed by atoms with van der Waals surface area (Å²) in [4.78, 5) is 7.06. The minimum atomic E-state index is -0.121. The number of benzene rings is 1. The number of aromatic nitrogens is 1. The fourth-order valence-corrected chi connectivity index (χ4v) is 3.66. The second-order valence-electron chi connectivity index (χ2n) is 6.13. The van der Waals surface area contributed by atoms with Crippen LogP contribution in [0.25, 0.3) is 0 Å². The Morgan fingerprint density at radius 1 is 1.23 bits per heavy atom. The first-order valence-corrected chi connectivity index (χ1v) is 8.00. The van der Waals surface area contributed by atoms with Gasteiger partial charge in [0.05, 0.1) is 0 Å². The zero-order valence-electron chi connectivity index (χ0n) is 12.6. The highest BCUT2D eigenvalue weighted by Gasteiger charge is 2.30. The third-order valence-corrected chi connectivity index (χ3v) is 4.82. The fourth-order valence-electron chi connectivity index (χ4n) is 3.66. The normalized spacial score (nSPS) is 20.4. The van der Waals surface area contributed by atoms with Gasteiger partial charge in [-0.15, -0.1) is 0 Å². The molecule has 1 saturated heterocycles. The molecule has 4 rings (SSSR count). The summed E-state index contributed by atoms with van der Waals surface area (Å²) in [6, 6.07) is 9.66. The van der Waals surface area contributed by atoms with Crippen LogP contribution in [0.1, 0.15) is 23.1 Å². The highest BCUT2D eigenvalue weighted by Crippen LogP contribution is 2.32. The van der Waals surface area contributed by atoms with Gasteiger partial charge in [-0.3, -0.25) is 0 Å². The summed E-state index contributed by atoms with van der Waals surface area (Å²) >= 11 is 0. The van der Waals surface area contributed by atoms with Crippen LogP contribution in [0.15, 0.2) is 36.5 Å². The second kappa shape index (κ2) is 5.69. The Balaban J connectivity index is 1.69. The van der Waals surface area contributed by atoms with Crippen LogP contribution in [-0.2, 0) is 12.8 Å².